The summed E-state index contributed by atoms with van der Waals surface area (Å²) in [6.07, 6.45) is 3.81. The third-order valence-corrected chi connectivity index (χ3v) is 8.50. The zero-order valence-corrected chi connectivity index (χ0v) is 24.8. The maximum atomic E-state index is 13.7. The highest BCUT2D eigenvalue weighted by Crippen LogP contribution is 2.33. The monoisotopic (exact) mass is 570 g/mol. The van der Waals surface area contributed by atoms with Gasteiger partial charge in [0.15, 0.2) is 5.88 Å². The van der Waals surface area contributed by atoms with Crippen molar-refractivity contribution in [3.63, 3.8) is 0 Å². The molecule has 0 bridgehead atoms. The number of benzene rings is 4. The van der Waals surface area contributed by atoms with Crippen LogP contribution in [0.25, 0.3) is 10.9 Å². The molecular formula is C37H38N4O2. The van der Waals surface area contributed by atoms with Gasteiger partial charge in [0.05, 0.1) is 23.0 Å². The number of likely N-dealkylation sites (tertiary alicyclic amines) is 1. The van der Waals surface area contributed by atoms with E-state index in [1.807, 2.05) is 98.9 Å². The number of piperidine rings is 1. The zero-order chi connectivity index (χ0) is 29.8. The summed E-state index contributed by atoms with van der Waals surface area (Å²) in [7, 11) is 1.83. The predicted octanol–water partition coefficient (Wildman–Crippen LogP) is 7.86. The first-order valence-corrected chi connectivity index (χ1v) is 15.1. The number of amides is 1. The van der Waals surface area contributed by atoms with Crippen LogP contribution in [0.2, 0.25) is 0 Å². The Morgan fingerprint density at radius 3 is 2.35 bits per heavy atom. The summed E-state index contributed by atoms with van der Waals surface area (Å²) >= 11 is 0. The minimum atomic E-state index is -0.0952. The number of aliphatic imine (C=N–C) groups is 1. The Hall–Kier alpha value is -4.68. The van der Waals surface area contributed by atoms with E-state index < -0.39 is 0 Å². The largest absolute Gasteiger partial charge is 0.494 e. The van der Waals surface area contributed by atoms with Crippen molar-refractivity contribution in [2.45, 2.75) is 38.8 Å². The number of aromatic hydroxyl groups is 1. The molecular weight excluding hydrogens is 532 g/mol. The van der Waals surface area contributed by atoms with E-state index in [0.717, 1.165) is 47.4 Å². The number of nitrogens with zero attached hydrogens (tertiary/aromatic N) is 3. The maximum absolute atomic E-state index is 13.7. The Kier molecular flexibility index (Phi) is 8.38. The van der Waals surface area contributed by atoms with Crippen molar-refractivity contribution < 1.29 is 9.90 Å². The van der Waals surface area contributed by atoms with Crippen molar-refractivity contribution in [3.05, 3.63) is 131 Å². The Labute approximate surface area is 253 Å². The van der Waals surface area contributed by atoms with Gasteiger partial charge in [0.2, 0.25) is 0 Å². The number of nitrogens with one attached hydrogen (secondary N) is 1. The maximum Gasteiger partial charge on any atom is 0.254 e. The smallest absolute Gasteiger partial charge is 0.254 e. The topological polar surface area (TPSA) is 71.9 Å². The molecule has 2 N–H and O–H groups in total. The molecule has 1 aliphatic heterocycles. The summed E-state index contributed by atoms with van der Waals surface area (Å²) in [5.41, 5.74) is 6.52. The molecule has 1 saturated heterocycles. The van der Waals surface area contributed by atoms with Gasteiger partial charge in [-0.15, -0.1) is 0 Å². The van der Waals surface area contributed by atoms with Gasteiger partial charge >= 0.3 is 0 Å². The van der Waals surface area contributed by atoms with Crippen molar-refractivity contribution >= 4 is 28.2 Å². The lowest BCUT2D eigenvalue weighted by Gasteiger charge is -2.26. The van der Waals surface area contributed by atoms with Crippen LogP contribution in [-0.2, 0) is 6.54 Å². The summed E-state index contributed by atoms with van der Waals surface area (Å²) in [4.78, 5) is 26.2. The molecule has 5 aromatic rings. The van der Waals surface area contributed by atoms with E-state index in [-0.39, 0.29) is 17.8 Å². The van der Waals surface area contributed by atoms with Crippen LogP contribution in [0.1, 0.15) is 64.8 Å². The molecule has 1 fully saturated rings. The van der Waals surface area contributed by atoms with E-state index >= 15 is 0 Å². The van der Waals surface area contributed by atoms with E-state index in [4.69, 9.17) is 4.99 Å². The van der Waals surface area contributed by atoms with Gasteiger partial charge < -0.3 is 15.0 Å². The standard InChI is InChI=1S/C37H38N4O2/c1-26(28-14-6-3-7-15-28)40(2)37(43)30-19-20-33-32(24-30)34(36(42)39-33)35(29-16-8-4-9-17-29)38-31-18-12-13-27(23-31)25-41-21-10-5-11-22-41/h3-4,6-9,12-20,23-24,26,39,42H,5,10-11,21-22,25H2,1-2H3/t26-/m1/s1. The molecule has 0 spiro atoms. The van der Waals surface area contributed by atoms with E-state index in [2.05, 4.69) is 28.1 Å². The van der Waals surface area contributed by atoms with E-state index in [1.165, 1.54) is 24.8 Å². The van der Waals surface area contributed by atoms with Crippen LogP contribution < -0.4 is 0 Å². The lowest BCUT2D eigenvalue weighted by Crippen LogP contribution is -2.29. The van der Waals surface area contributed by atoms with Gasteiger partial charge in [-0.25, -0.2) is 4.99 Å². The molecule has 4 aromatic carbocycles. The van der Waals surface area contributed by atoms with Crippen molar-refractivity contribution in [1.82, 2.24) is 14.8 Å². The number of hydrogen-bond acceptors (Lipinski definition) is 4. The second kappa shape index (κ2) is 12.7. The molecule has 6 nitrogen and oxygen atoms in total. The summed E-state index contributed by atoms with van der Waals surface area (Å²) in [5.74, 6) is -0.0637. The molecule has 1 aliphatic rings. The number of carbonyl (C=O) groups excluding carboxylic acids is 1. The molecule has 218 valence electrons. The average Bonchev–Trinajstić information content (AvgIpc) is 3.38. The molecule has 0 radical (unpaired) electrons. The van der Waals surface area contributed by atoms with Crippen LogP contribution in [0, 0.1) is 0 Å². The van der Waals surface area contributed by atoms with Gasteiger partial charge in [0.1, 0.15) is 0 Å². The van der Waals surface area contributed by atoms with Gasteiger partial charge in [-0.1, -0.05) is 79.2 Å². The number of hydrogen-bond donors (Lipinski definition) is 2. The van der Waals surface area contributed by atoms with Crippen molar-refractivity contribution in [2.75, 3.05) is 20.1 Å². The van der Waals surface area contributed by atoms with E-state index in [1.54, 1.807) is 4.90 Å². The molecule has 1 aromatic heterocycles. The summed E-state index contributed by atoms with van der Waals surface area (Å²) in [5, 5.41) is 12.0. The van der Waals surface area contributed by atoms with Gasteiger partial charge in [-0.3, -0.25) is 9.69 Å². The second-order valence-corrected chi connectivity index (χ2v) is 11.4. The van der Waals surface area contributed by atoms with Crippen molar-refractivity contribution in [3.8, 4) is 5.88 Å². The number of rotatable bonds is 8. The number of carbonyl (C=O) groups is 1. The van der Waals surface area contributed by atoms with E-state index in [0.29, 0.717) is 16.8 Å². The molecule has 43 heavy (non-hydrogen) atoms. The highest BCUT2D eigenvalue weighted by Gasteiger charge is 2.23. The molecule has 0 aliphatic carbocycles. The van der Waals surface area contributed by atoms with Crippen LogP contribution in [0.5, 0.6) is 5.88 Å². The zero-order valence-electron chi connectivity index (χ0n) is 24.8. The molecule has 0 unspecified atom stereocenters. The fourth-order valence-corrected chi connectivity index (χ4v) is 5.98. The summed E-state index contributed by atoms with van der Waals surface area (Å²) in [6, 6.07) is 33.7. The fraction of sp³-hybridized carbons (Fsp3) is 0.243. The summed E-state index contributed by atoms with van der Waals surface area (Å²) < 4.78 is 0. The van der Waals surface area contributed by atoms with Crippen LogP contribution in [0.4, 0.5) is 5.69 Å². The Morgan fingerprint density at radius 2 is 1.60 bits per heavy atom. The molecule has 0 saturated carbocycles. The number of aromatic nitrogens is 1. The molecule has 6 heteroatoms. The van der Waals surface area contributed by atoms with Crippen LogP contribution in [-0.4, -0.2) is 51.6 Å². The van der Waals surface area contributed by atoms with Crippen LogP contribution in [0.15, 0.2) is 108 Å². The normalized spacial score (nSPS) is 15.0. The molecule has 6 rings (SSSR count). The highest BCUT2D eigenvalue weighted by molar-refractivity contribution is 6.22. The number of H-pyrrole nitrogens is 1. The second-order valence-electron chi connectivity index (χ2n) is 11.4. The fourth-order valence-electron chi connectivity index (χ4n) is 5.98. The first-order valence-electron chi connectivity index (χ1n) is 15.1. The van der Waals surface area contributed by atoms with Crippen LogP contribution in [0.3, 0.4) is 0 Å². The van der Waals surface area contributed by atoms with Gasteiger partial charge in [0, 0.05) is 35.6 Å². The first-order chi connectivity index (χ1) is 21.0. The molecule has 1 atom stereocenters. The van der Waals surface area contributed by atoms with E-state index in [9.17, 15) is 9.90 Å². The summed E-state index contributed by atoms with van der Waals surface area (Å²) in [6.45, 7) is 5.19. The minimum absolute atomic E-state index is 0.0256. The van der Waals surface area contributed by atoms with Gasteiger partial charge in [-0.05, 0) is 74.3 Å². The number of aromatic amines is 1. The quantitative estimate of drug-likeness (QED) is 0.187. The highest BCUT2D eigenvalue weighted by atomic mass is 16.3. The predicted molar refractivity (Wildman–Crippen MR) is 174 cm³/mol. The third-order valence-electron chi connectivity index (χ3n) is 8.50. The Balaban J connectivity index is 1.39. The lowest BCUT2D eigenvalue weighted by atomic mass is 9.99. The number of fused-ring (bicyclic) bond motifs is 1. The Morgan fingerprint density at radius 1 is 0.884 bits per heavy atom. The van der Waals surface area contributed by atoms with Crippen LogP contribution >= 0.6 is 0 Å². The lowest BCUT2D eigenvalue weighted by molar-refractivity contribution is 0.0743. The SMILES string of the molecule is C[C@H](c1ccccc1)N(C)C(=O)c1ccc2[nH]c(O)c(C(=Nc3cccc(CN4CCCCC4)c3)c3ccccc3)c2c1. The molecule has 2 heterocycles. The minimum Gasteiger partial charge on any atom is -0.494 e. The first kappa shape index (κ1) is 28.4. The van der Waals surface area contributed by atoms with Crippen molar-refractivity contribution in [2.24, 2.45) is 4.99 Å². The molecule has 1 amide bonds. The van der Waals surface area contributed by atoms with Crippen molar-refractivity contribution in [1.29, 1.82) is 0 Å². The van der Waals surface area contributed by atoms with Gasteiger partial charge in [-0.2, -0.15) is 0 Å². The van der Waals surface area contributed by atoms with Gasteiger partial charge in [0.25, 0.3) is 5.91 Å². The Bertz CT molecular complexity index is 1740. The third kappa shape index (κ3) is 6.25. The average molecular weight is 571 g/mol.